The van der Waals surface area contributed by atoms with E-state index in [1.54, 1.807) is 12.1 Å². The summed E-state index contributed by atoms with van der Waals surface area (Å²) in [5, 5.41) is 7.11. The molecule has 0 aliphatic rings. The van der Waals surface area contributed by atoms with E-state index in [0.29, 0.717) is 23.4 Å². The molecule has 0 unspecified atom stereocenters. The summed E-state index contributed by atoms with van der Waals surface area (Å²) in [7, 11) is 0. The van der Waals surface area contributed by atoms with Gasteiger partial charge in [-0.2, -0.15) is 5.10 Å². The number of rotatable bonds is 5. The Balaban J connectivity index is 2.42. The molecule has 19 heavy (non-hydrogen) atoms. The maximum atomic E-state index is 13.9. The van der Waals surface area contributed by atoms with Gasteiger partial charge in [-0.1, -0.05) is 13.0 Å². The van der Waals surface area contributed by atoms with Gasteiger partial charge < -0.3 is 11.1 Å². The van der Waals surface area contributed by atoms with E-state index in [-0.39, 0.29) is 5.82 Å². The zero-order chi connectivity index (χ0) is 13.8. The molecule has 0 saturated heterocycles. The lowest BCUT2D eigenvalue weighted by Gasteiger charge is -2.10. The first-order chi connectivity index (χ1) is 9.13. The van der Waals surface area contributed by atoms with Crippen molar-refractivity contribution >= 4 is 5.91 Å². The topological polar surface area (TPSA) is 72.9 Å². The molecule has 6 heteroatoms. The molecule has 0 saturated carbocycles. The zero-order valence-corrected chi connectivity index (χ0v) is 10.6. The number of halogens is 1. The Labute approximate surface area is 110 Å². The summed E-state index contributed by atoms with van der Waals surface area (Å²) in [6.45, 7) is 3.07. The Morgan fingerprint density at radius 2 is 2.32 bits per heavy atom. The molecule has 1 heterocycles. The fraction of sp³-hybridized carbons (Fsp3) is 0.231. The van der Waals surface area contributed by atoms with E-state index in [4.69, 9.17) is 5.73 Å². The third kappa shape index (κ3) is 2.79. The third-order valence-corrected chi connectivity index (χ3v) is 2.76. The van der Waals surface area contributed by atoms with E-state index >= 15 is 0 Å². The smallest absolute Gasteiger partial charge is 0.251 e. The highest BCUT2D eigenvalue weighted by molar-refractivity contribution is 5.92. The molecule has 1 amide bonds. The van der Waals surface area contributed by atoms with E-state index < -0.39 is 5.91 Å². The number of primary amides is 1. The number of nitrogens with two attached hydrogens (primary N) is 1. The molecule has 5 nitrogen and oxygen atoms in total. The standard InChI is InChI=1S/C13H15FN4O/c1-2-16-7-10-11(14)4-3-5-12(10)18-8-9(6-17-18)13(15)19/h3-6,8,16H,2,7H2,1H3,(H2,15,19). The van der Waals surface area contributed by atoms with Gasteiger partial charge in [-0.15, -0.1) is 0 Å². The number of nitrogens with one attached hydrogen (secondary N) is 1. The van der Waals surface area contributed by atoms with Crippen molar-refractivity contribution in [3.63, 3.8) is 0 Å². The molecule has 0 radical (unpaired) electrons. The molecule has 0 atom stereocenters. The molecule has 0 bridgehead atoms. The minimum absolute atomic E-state index is 0.290. The second kappa shape index (κ2) is 5.62. The van der Waals surface area contributed by atoms with Crippen LogP contribution in [0.5, 0.6) is 0 Å². The summed E-state index contributed by atoms with van der Waals surface area (Å²) in [4.78, 5) is 11.1. The summed E-state index contributed by atoms with van der Waals surface area (Å²) in [6.07, 6.45) is 2.86. The number of nitrogens with zero attached hydrogens (tertiary/aromatic N) is 2. The maximum Gasteiger partial charge on any atom is 0.251 e. The van der Waals surface area contributed by atoms with Crippen molar-refractivity contribution < 1.29 is 9.18 Å². The van der Waals surface area contributed by atoms with E-state index in [1.807, 2.05) is 6.92 Å². The molecule has 2 aromatic rings. The molecule has 100 valence electrons. The van der Waals surface area contributed by atoms with Crippen LogP contribution in [0.3, 0.4) is 0 Å². The third-order valence-electron chi connectivity index (χ3n) is 2.76. The van der Waals surface area contributed by atoms with Crippen molar-refractivity contribution in [3.05, 3.63) is 47.5 Å². The van der Waals surface area contributed by atoms with E-state index in [9.17, 15) is 9.18 Å². The van der Waals surface area contributed by atoms with Crippen LogP contribution in [0.4, 0.5) is 4.39 Å². The van der Waals surface area contributed by atoms with Gasteiger partial charge in [-0.25, -0.2) is 9.07 Å². The number of carbonyl (C=O) groups is 1. The molecular weight excluding hydrogens is 247 g/mol. The number of amides is 1. The predicted octanol–water partition coefficient (Wildman–Crippen LogP) is 1.22. The van der Waals surface area contributed by atoms with Crippen LogP contribution in [-0.2, 0) is 6.54 Å². The second-order valence-electron chi connectivity index (χ2n) is 4.06. The van der Waals surface area contributed by atoms with Crippen molar-refractivity contribution in [2.75, 3.05) is 6.54 Å². The van der Waals surface area contributed by atoms with Crippen LogP contribution < -0.4 is 11.1 Å². The molecule has 0 aliphatic carbocycles. The van der Waals surface area contributed by atoms with Crippen LogP contribution in [-0.4, -0.2) is 22.2 Å². The van der Waals surface area contributed by atoms with Gasteiger partial charge in [-0.3, -0.25) is 4.79 Å². The molecule has 1 aromatic carbocycles. The fourth-order valence-electron chi connectivity index (χ4n) is 1.77. The van der Waals surface area contributed by atoms with Gasteiger partial charge in [0.05, 0.1) is 17.4 Å². The molecule has 3 N–H and O–H groups in total. The lowest BCUT2D eigenvalue weighted by atomic mass is 10.1. The monoisotopic (exact) mass is 262 g/mol. The Morgan fingerprint density at radius 3 is 2.95 bits per heavy atom. The van der Waals surface area contributed by atoms with E-state index in [1.165, 1.54) is 23.1 Å². The van der Waals surface area contributed by atoms with Gasteiger partial charge in [-0.05, 0) is 18.7 Å². The molecular formula is C13H15FN4O. The quantitative estimate of drug-likeness (QED) is 0.851. The number of benzene rings is 1. The van der Waals surface area contributed by atoms with E-state index in [2.05, 4.69) is 10.4 Å². The largest absolute Gasteiger partial charge is 0.366 e. The molecule has 0 fully saturated rings. The normalized spacial score (nSPS) is 10.6. The van der Waals surface area contributed by atoms with Crippen molar-refractivity contribution in [3.8, 4) is 5.69 Å². The summed E-state index contributed by atoms with van der Waals surface area (Å²) in [5.41, 5.74) is 6.56. The van der Waals surface area contributed by atoms with Crippen LogP contribution in [0.2, 0.25) is 0 Å². The van der Waals surface area contributed by atoms with Gasteiger partial charge in [0.15, 0.2) is 0 Å². The maximum absolute atomic E-state index is 13.9. The van der Waals surface area contributed by atoms with Crippen molar-refractivity contribution in [2.45, 2.75) is 13.5 Å². The van der Waals surface area contributed by atoms with Gasteiger partial charge >= 0.3 is 0 Å². The molecule has 2 rings (SSSR count). The first-order valence-electron chi connectivity index (χ1n) is 5.96. The number of carbonyl (C=O) groups excluding carboxylic acids is 1. The van der Waals surface area contributed by atoms with Crippen LogP contribution in [0.25, 0.3) is 5.69 Å². The Kier molecular flexibility index (Phi) is 3.91. The summed E-state index contributed by atoms with van der Waals surface area (Å²) in [5.74, 6) is -0.870. The Morgan fingerprint density at radius 1 is 1.53 bits per heavy atom. The minimum Gasteiger partial charge on any atom is -0.366 e. The van der Waals surface area contributed by atoms with Crippen LogP contribution >= 0.6 is 0 Å². The summed E-state index contributed by atoms with van der Waals surface area (Å²) >= 11 is 0. The fourth-order valence-corrected chi connectivity index (χ4v) is 1.77. The molecule has 0 spiro atoms. The number of hydrogen-bond acceptors (Lipinski definition) is 3. The van der Waals surface area contributed by atoms with Crippen LogP contribution in [0.1, 0.15) is 22.8 Å². The highest BCUT2D eigenvalue weighted by Crippen LogP contribution is 2.18. The predicted molar refractivity (Wildman–Crippen MR) is 69.4 cm³/mol. The van der Waals surface area contributed by atoms with Gasteiger partial charge in [0.1, 0.15) is 5.82 Å². The number of aromatic nitrogens is 2. The highest BCUT2D eigenvalue weighted by atomic mass is 19.1. The van der Waals surface area contributed by atoms with Crippen LogP contribution in [0.15, 0.2) is 30.6 Å². The van der Waals surface area contributed by atoms with Gasteiger partial charge in [0.25, 0.3) is 5.91 Å². The average molecular weight is 262 g/mol. The molecule has 1 aromatic heterocycles. The SMILES string of the molecule is CCNCc1c(F)cccc1-n1cc(C(N)=O)cn1. The van der Waals surface area contributed by atoms with Crippen molar-refractivity contribution in [1.29, 1.82) is 0 Å². The minimum atomic E-state index is -0.559. The first kappa shape index (κ1) is 13.2. The summed E-state index contributed by atoms with van der Waals surface area (Å²) < 4.78 is 15.3. The molecule has 0 aliphatic heterocycles. The lowest BCUT2D eigenvalue weighted by molar-refractivity contribution is 0.100. The highest BCUT2D eigenvalue weighted by Gasteiger charge is 2.12. The van der Waals surface area contributed by atoms with Crippen molar-refractivity contribution in [1.82, 2.24) is 15.1 Å². The average Bonchev–Trinajstić information content (AvgIpc) is 2.86. The Bertz CT molecular complexity index is 594. The second-order valence-corrected chi connectivity index (χ2v) is 4.06. The van der Waals surface area contributed by atoms with E-state index in [0.717, 1.165) is 6.54 Å². The summed E-state index contributed by atoms with van der Waals surface area (Å²) in [6, 6.07) is 4.74. The first-order valence-corrected chi connectivity index (χ1v) is 5.96. The Hall–Kier alpha value is -2.21. The van der Waals surface area contributed by atoms with Gasteiger partial charge in [0.2, 0.25) is 0 Å². The number of hydrogen-bond donors (Lipinski definition) is 2. The zero-order valence-electron chi connectivity index (χ0n) is 10.6. The van der Waals surface area contributed by atoms with Gasteiger partial charge in [0, 0.05) is 18.3 Å². The van der Waals surface area contributed by atoms with Crippen molar-refractivity contribution in [2.24, 2.45) is 5.73 Å². The lowest BCUT2D eigenvalue weighted by Crippen LogP contribution is -2.15. The van der Waals surface area contributed by atoms with Crippen LogP contribution in [0, 0.1) is 5.82 Å².